The molecule has 0 amide bonds. The van der Waals surface area contributed by atoms with Crippen molar-refractivity contribution in [3.05, 3.63) is 73.3 Å². The fourth-order valence-electron chi connectivity index (χ4n) is 4.03. The standard InChI is InChI=1S/C15H16N4OS.C14H14N4OS.CH4/c1-3-9-21-15-16-8-7-14(18-15)19-12-5-4-6-13(20-2)11(12)10-17-19;1-2-8-20-14-15-7-6-13(17-14)18-11-4-3-5-12(19)10(11)9-16-18;/h4-8,10H,3,9H2,1-2H3;3-7,9,19H,2,8H2,1H3;1H4. The van der Waals surface area contributed by atoms with Crippen LogP contribution in [0.25, 0.3) is 33.4 Å². The molecule has 1 N–H and O–H groups in total. The Bertz CT molecular complexity index is 1750. The van der Waals surface area contributed by atoms with Gasteiger partial charge in [0.1, 0.15) is 11.5 Å². The number of rotatable bonds is 9. The fraction of sp³-hybridized carbons (Fsp3) is 0.267. The van der Waals surface area contributed by atoms with Gasteiger partial charge < -0.3 is 9.84 Å². The van der Waals surface area contributed by atoms with Crippen LogP contribution in [0.15, 0.2) is 83.6 Å². The Morgan fingerprint density at radius 3 is 1.81 bits per heavy atom. The Labute approximate surface area is 253 Å². The first kappa shape index (κ1) is 30.8. The maximum absolute atomic E-state index is 9.81. The molecule has 0 bridgehead atoms. The number of nitrogens with zero attached hydrogens (tertiary/aromatic N) is 8. The lowest BCUT2D eigenvalue weighted by atomic mass is 10.2. The van der Waals surface area contributed by atoms with Crippen molar-refractivity contribution in [2.75, 3.05) is 18.6 Å². The average Bonchev–Trinajstić information content (AvgIpc) is 3.65. The van der Waals surface area contributed by atoms with Crippen molar-refractivity contribution in [2.45, 2.75) is 44.4 Å². The molecule has 218 valence electrons. The van der Waals surface area contributed by atoms with Crippen molar-refractivity contribution in [2.24, 2.45) is 0 Å². The van der Waals surface area contributed by atoms with E-state index in [0.717, 1.165) is 62.6 Å². The first-order chi connectivity index (χ1) is 20.1. The van der Waals surface area contributed by atoms with E-state index in [2.05, 4.69) is 44.0 Å². The Kier molecular flexibility index (Phi) is 10.7. The van der Waals surface area contributed by atoms with Crippen molar-refractivity contribution >= 4 is 45.3 Å². The van der Waals surface area contributed by atoms with Gasteiger partial charge in [-0.15, -0.1) is 0 Å². The van der Waals surface area contributed by atoms with Crippen LogP contribution in [0.5, 0.6) is 11.5 Å². The molecule has 0 aliphatic heterocycles. The minimum atomic E-state index is 0. The zero-order valence-corrected chi connectivity index (χ0v) is 24.6. The second-order valence-corrected chi connectivity index (χ2v) is 10.9. The van der Waals surface area contributed by atoms with Crippen LogP contribution in [-0.2, 0) is 0 Å². The number of thioether (sulfide) groups is 2. The van der Waals surface area contributed by atoms with Crippen LogP contribution in [0.3, 0.4) is 0 Å². The molecule has 6 rings (SSSR count). The molecule has 0 atom stereocenters. The van der Waals surface area contributed by atoms with Gasteiger partial charge in [0.05, 0.1) is 41.3 Å². The van der Waals surface area contributed by atoms with Crippen LogP contribution in [-0.4, -0.2) is 63.2 Å². The minimum Gasteiger partial charge on any atom is -0.507 e. The normalized spacial score (nSPS) is 10.7. The number of phenolic OH excluding ortho intramolecular Hbond substituents is 1. The molecular weight excluding hydrogens is 569 g/mol. The van der Waals surface area contributed by atoms with E-state index in [4.69, 9.17) is 4.74 Å². The number of benzene rings is 2. The van der Waals surface area contributed by atoms with Gasteiger partial charge >= 0.3 is 0 Å². The fourth-order valence-corrected chi connectivity index (χ4v) is 5.39. The van der Waals surface area contributed by atoms with Gasteiger partial charge in [0.2, 0.25) is 0 Å². The maximum atomic E-state index is 9.81. The number of phenols is 1. The lowest BCUT2D eigenvalue weighted by molar-refractivity contribution is 0.420. The topological polar surface area (TPSA) is 117 Å². The molecule has 0 unspecified atom stereocenters. The third-order valence-electron chi connectivity index (χ3n) is 5.93. The Morgan fingerprint density at radius 2 is 1.26 bits per heavy atom. The van der Waals surface area contributed by atoms with Crippen molar-refractivity contribution in [3.63, 3.8) is 0 Å². The largest absolute Gasteiger partial charge is 0.507 e. The smallest absolute Gasteiger partial charge is 0.189 e. The van der Waals surface area contributed by atoms with Crippen LogP contribution in [0.2, 0.25) is 0 Å². The third-order valence-corrected chi connectivity index (χ3v) is 8.06. The Balaban J connectivity index is 0.000000189. The van der Waals surface area contributed by atoms with Gasteiger partial charge in [0.25, 0.3) is 0 Å². The molecular formula is C30H34N8O2S2. The number of aromatic hydroxyl groups is 1. The third kappa shape index (κ3) is 6.82. The summed E-state index contributed by atoms with van der Waals surface area (Å²) in [4.78, 5) is 17.6. The van der Waals surface area contributed by atoms with Crippen molar-refractivity contribution in [1.82, 2.24) is 39.5 Å². The van der Waals surface area contributed by atoms with Crippen LogP contribution in [0, 0.1) is 0 Å². The maximum Gasteiger partial charge on any atom is 0.189 e. The van der Waals surface area contributed by atoms with Crippen molar-refractivity contribution < 1.29 is 9.84 Å². The highest BCUT2D eigenvalue weighted by Crippen LogP contribution is 2.27. The zero-order valence-electron chi connectivity index (χ0n) is 23.0. The molecule has 42 heavy (non-hydrogen) atoms. The van der Waals surface area contributed by atoms with E-state index in [1.54, 1.807) is 72.2 Å². The number of fused-ring (bicyclic) bond motifs is 2. The number of hydrogen-bond donors (Lipinski definition) is 1. The molecule has 2 aromatic carbocycles. The minimum absolute atomic E-state index is 0. The summed E-state index contributed by atoms with van der Waals surface area (Å²) in [6.07, 6.45) is 9.13. The summed E-state index contributed by atoms with van der Waals surface area (Å²) in [6.45, 7) is 4.27. The van der Waals surface area contributed by atoms with Crippen molar-refractivity contribution in [3.8, 4) is 23.1 Å². The monoisotopic (exact) mass is 602 g/mol. The van der Waals surface area contributed by atoms with Gasteiger partial charge in [0.15, 0.2) is 21.9 Å². The predicted molar refractivity (Wildman–Crippen MR) is 170 cm³/mol. The highest BCUT2D eigenvalue weighted by Gasteiger charge is 2.11. The highest BCUT2D eigenvalue weighted by atomic mass is 32.2. The van der Waals surface area contributed by atoms with Crippen LogP contribution in [0.1, 0.15) is 34.1 Å². The van der Waals surface area contributed by atoms with Crippen LogP contribution < -0.4 is 4.74 Å². The second kappa shape index (κ2) is 14.6. The molecule has 0 aliphatic rings. The predicted octanol–water partition coefficient (Wildman–Crippen LogP) is 6.99. The van der Waals surface area contributed by atoms with E-state index in [0.29, 0.717) is 11.2 Å². The molecule has 0 spiro atoms. The molecule has 12 heteroatoms. The van der Waals surface area contributed by atoms with Gasteiger partial charge in [-0.05, 0) is 37.1 Å². The average molecular weight is 603 g/mol. The highest BCUT2D eigenvalue weighted by molar-refractivity contribution is 7.99. The van der Waals surface area contributed by atoms with Gasteiger partial charge in [-0.2, -0.15) is 10.2 Å². The van der Waals surface area contributed by atoms with Gasteiger partial charge in [-0.25, -0.2) is 29.3 Å². The summed E-state index contributed by atoms with van der Waals surface area (Å²) in [5, 5.41) is 21.8. The second-order valence-electron chi connectivity index (χ2n) is 8.81. The summed E-state index contributed by atoms with van der Waals surface area (Å²) >= 11 is 3.28. The summed E-state index contributed by atoms with van der Waals surface area (Å²) in [6, 6.07) is 14.9. The van der Waals surface area contributed by atoms with E-state index in [9.17, 15) is 5.11 Å². The molecule has 0 fully saturated rings. The summed E-state index contributed by atoms with van der Waals surface area (Å²) < 4.78 is 8.89. The van der Waals surface area contributed by atoms with Gasteiger partial charge in [-0.1, -0.05) is 56.9 Å². The molecule has 6 aromatic rings. The number of hydrogen-bond acceptors (Lipinski definition) is 10. The van der Waals surface area contributed by atoms with Crippen LogP contribution >= 0.6 is 23.5 Å². The SMILES string of the molecule is C.CCCSc1nccc(-n2ncc3c(O)cccc32)n1.CCCSc1nccc(-n2ncc3c(OC)cccc32)n1. The lowest BCUT2D eigenvalue weighted by Gasteiger charge is -2.05. The molecule has 10 nitrogen and oxygen atoms in total. The number of methoxy groups -OCH3 is 1. The number of ether oxygens (including phenoxy) is 1. The van der Waals surface area contributed by atoms with E-state index in [1.165, 1.54) is 0 Å². The summed E-state index contributed by atoms with van der Waals surface area (Å²) in [5.74, 6) is 4.52. The molecule has 4 aromatic heterocycles. The van der Waals surface area contributed by atoms with Gasteiger partial charge in [0, 0.05) is 36.0 Å². The quantitative estimate of drug-likeness (QED) is 0.137. The molecule has 0 saturated carbocycles. The Hall–Kier alpha value is -4.16. The molecule has 0 saturated heterocycles. The van der Waals surface area contributed by atoms with E-state index >= 15 is 0 Å². The lowest BCUT2D eigenvalue weighted by Crippen LogP contribution is -2.01. The first-order valence-corrected chi connectivity index (χ1v) is 15.2. The summed E-state index contributed by atoms with van der Waals surface area (Å²) in [7, 11) is 1.66. The Morgan fingerprint density at radius 1 is 0.738 bits per heavy atom. The number of aromatic nitrogens is 8. The zero-order chi connectivity index (χ0) is 28.6. The van der Waals surface area contributed by atoms with Gasteiger partial charge in [-0.3, -0.25) is 0 Å². The molecule has 0 radical (unpaired) electrons. The summed E-state index contributed by atoms with van der Waals surface area (Å²) in [5.41, 5.74) is 1.80. The van der Waals surface area contributed by atoms with Crippen molar-refractivity contribution in [1.29, 1.82) is 0 Å². The molecule has 0 aliphatic carbocycles. The van der Waals surface area contributed by atoms with E-state index in [1.807, 2.05) is 41.1 Å². The first-order valence-electron chi connectivity index (χ1n) is 13.2. The van der Waals surface area contributed by atoms with E-state index < -0.39 is 0 Å². The molecule has 4 heterocycles. The van der Waals surface area contributed by atoms with E-state index in [-0.39, 0.29) is 13.2 Å². The van der Waals surface area contributed by atoms with Crippen LogP contribution in [0.4, 0.5) is 0 Å².